The van der Waals surface area contributed by atoms with E-state index >= 15 is 9.59 Å². The molecule has 1 saturated carbocycles. The van der Waals surface area contributed by atoms with Crippen LogP contribution in [0.2, 0.25) is 10.0 Å². The number of hydrazine groups is 1. The molecular formula is C44H37Cl2N3O7. The molecule has 0 unspecified atom stereocenters. The standard InChI is InChI=1S/C44H37Cl2N3O7/c1-4-6-25-7-5-8-32(39(25)51)38-30-18-19-31-37(42(54)48(40(31)52)28-14-9-24(10-15-28)23(2)50)33(30)22-34-41(53)49(47-36-20-13-27(45)21-35(36)46)43(55)44(34,38)26-11-16-29(56-3)17-12-26/h4-5,7-18,20-21,31,33-34,37-38,47,51H,1,6,19,22H2,2-3H3/t31-,33+,34-,37-,38+,44+/m0/s1. The van der Waals surface area contributed by atoms with E-state index in [0.717, 1.165) is 5.01 Å². The first-order valence-electron chi connectivity index (χ1n) is 18.3. The van der Waals surface area contributed by atoms with Crippen molar-refractivity contribution >= 4 is 64.0 Å². The van der Waals surface area contributed by atoms with E-state index in [0.29, 0.717) is 50.7 Å². The average molecular weight is 791 g/mol. The summed E-state index contributed by atoms with van der Waals surface area (Å²) in [5, 5.41) is 13.6. The molecular weight excluding hydrogens is 753 g/mol. The summed E-state index contributed by atoms with van der Waals surface area (Å²) >= 11 is 12.7. The Bertz CT molecular complexity index is 2380. The number of ether oxygens (including phenoxy) is 1. The van der Waals surface area contributed by atoms with Crippen LogP contribution in [0.1, 0.15) is 52.7 Å². The average Bonchev–Trinajstić information content (AvgIpc) is 3.57. The van der Waals surface area contributed by atoms with Gasteiger partial charge in [-0.2, -0.15) is 5.01 Å². The number of amides is 4. The fraction of sp³-hybridized carbons (Fsp3) is 0.250. The quantitative estimate of drug-likeness (QED) is 0.0997. The van der Waals surface area contributed by atoms with Gasteiger partial charge in [0, 0.05) is 22.1 Å². The van der Waals surface area contributed by atoms with E-state index in [9.17, 15) is 19.5 Å². The van der Waals surface area contributed by atoms with Crippen molar-refractivity contribution in [2.24, 2.45) is 23.7 Å². The molecule has 2 aliphatic heterocycles. The van der Waals surface area contributed by atoms with Crippen molar-refractivity contribution in [3.8, 4) is 11.5 Å². The van der Waals surface area contributed by atoms with E-state index in [-0.39, 0.29) is 41.0 Å². The highest BCUT2D eigenvalue weighted by Crippen LogP contribution is 2.65. The summed E-state index contributed by atoms with van der Waals surface area (Å²) in [6.07, 6.45) is 4.17. The number of benzene rings is 4. The lowest BCUT2D eigenvalue weighted by Gasteiger charge is -2.50. The van der Waals surface area contributed by atoms with Gasteiger partial charge in [-0.3, -0.25) is 34.3 Å². The summed E-state index contributed by atoms with van der Waals surface area (Å²) < 4.78 is 5.48. The second-order valence-corrected chi connectivity index (χ2v) is 15.5. The molecule has 4 aromatic carbocycles. The molecule has 2 heterocycles. The molecule has 2 N–H and O–H groups in total. The van der Waals surface area contributed by atoms with Crippen LogP contribution in [0.5, 0.6) is 11.5 Å². The van der Waals surface area contributed by atoms with Crippen molar-refractivity contribution < 1.29 is 33.8 Å². The van der Waals surface area contributed by atoms with Crippen LogP contribution < -0.4 is 15.1 Å². The molecule has 2 saturated heterocycles. The molecule has 3 fully saturated rings. The van der Waals surface area contributed by atoms with Crippen LogP contribution in [-0.4, -0.2) is 46.6 Å². The third-order valence-corrected chi connectivity index (χ3v) is 12.5. The largest absolute Gasteiger partial charge is 0.507 e. The van der Waals surface area contributed by atoms with E-state index in [1.54, 1.807) is 84.9 Å². The number of carbonyl (C=O) groups excluding carboxylic acids is 5. The Morgan fingerprint density at radius 1 is 0.964 bits per heavy atom. The van der Waals surface area contributed by atoms with Gasteiger partial charge in [-0.25, -0.2) is 0 Å². The molecule has 4 amide bonds. The minimum atomic E-state index is -1.64. The number of hydrogen-bond donors (Lipinski definition) is 2. The van der Waals surface area contributed by atoms with Crippen LogP contribution in [0.15, 0.2) is 109 Å². The van der Waals surface area contributed by atoms with Gasteiger partial charge in [0.1, 0.15) is 11.5 Å². The number of rotatable bonds is 9. The molecule has 8 rings (SSSR count). The minimum absolute atomic E-state index is 0.0515. The maximum atomic E-state index is 15.5. The van der Waals surface area contributed by atoms with Gasteiger partial charge in [0.25, 0.3) is 11.8 Å². The number of fused-ring (bicyclic) bond motifs is 4. The van der Waals surface area contributed by atoms with Gasteiger partial charge in [-0.15, -0.1) is 6.58 Å². The van der Waals surface area contributed by atoms with Crippen LogP contribution in [0, 0.1) is 23.7 Å². The number of allylic oxidation sites excluding steroid dienone is 3. The lowest BCUT2D eigenvalue weighted by molar-refractivity contribution is -0.138. The normalized spacial score (nSPS) is 25.4. The van der Waals surface area contributed by atoms with Crippen molar-refractivity contribution in [2.45, 2.75) is 37.5 Å². The molecule has 2 aliphatic carbocycles. The fourth-order valence-corrected chi connectivity index (χ4v) is 9.90. The summed E-state index contributed by atoms with van der Waals surface area (Å²) in [5.41, 5.74) is 4.58. The van der Waals surface area contributed by atoms with Gasteiger partial charge in [-0.1, -0.05) is 71.3 Å². The monoisotopic (exact) mass is 789 g/mol. The van der Waals surface area contributed by atoms with Crippen LogP contribution in [0.25, 0.3) is 0 Å². The number of ketones is 1. The molecule has 12 heteroatoms. The molecule has 0 bridgehead atoms. The van der Waals surface area contributed by atoms with Crippen molar-refractivity contribution in [1.29, 1.82) is 0 Å². The highest BCUT2D eigenvalue weighted by atomic mass is 35.5. The molecule has 4 aromatic rings. The lowest BCUT2D eigenvalue weighted by atomic mass is 9.49. The first kappa shape index (κ1) is 37.2. The van der Waals surface area contributed by atoms with Gasteiger partial charge in [0.2, 0.25) is 11.8 Å². The molecule has 10 nitrogen and oxygen atoms in total. The number of aromatic hydroxyl groups is 1. The zero-order valence-electron chi connectivity index (χ0n) is 30.5. The third-order valence-electron chi connectivity index (χ3n) is 11.9. The Morgan fingerprint density at radius 2 is 1.70 bits per heavy atom. The third kappa shape index (κ3) is 5.57. The number of imide groups is 2. The number of para-hydroxylation sites is 1. The smallest absolute Gasteiger partial charge is 0.260 e. The summed E-state index contributed by atoms with van der Waals surface area (Å²) in [5.74, 6) is -5.88. The molecule has 4 aliphatic rings. The Hall–Kier alpha value is -5.71. The first-order valence-corrected chi connectivity index (χ1v) is 19.0. The van der Waals surface area contributed by atoms with E-state index in [4.69, 9.17) is 27.9 Å². The van der Waals surface area contributed by atoms with Crippen LogP contribution in [0.4, 0.5) is 11.4 Å². The maximum absolute atomic E-state index is 15.5. The fourth-order valence-electron chi connectivity index (χ4n) is 9.45. The number of nitrogens with zero attached hydrogens (tertiary/aromatic N) is 2. The van der Waals surface area contributed by atoms with Crippen molar-refractivity contribution in [1.82, 2.24) is 5.01 Å². The lowest BCUT2D eigenvalue weighted by Crippen LogP contribution is -2.53. The number of carbonyl (C=O) groups is 5. The topological polar surface area (TPSA) is 133 Å². The summed E-state index contributed by atoms with van der Waals surface area (Å²) in [6.45, 7) is 5.30. The minimum Gasteiger partial charge on any atom is -0.507 e. The van der Waals surface area contributed by atoms with Gasteiger partial charge >= 0.3 is 0 Å². The molecule has 6 atom stereocenters. The molecule has 0 spiro atoms. The van der Waals surface area contributed by atoms with Crippen LogP contribution in [0.3, 0.4) is 0 Å². The number of halogens is 2. The Morgan fingerprint density at radius 3 is 2.36 bits per heavy atom. The molecule has 0 aromatic heterocycles. The number of phenols is 1. The molecule has 56 heavy (non-hydrogen) atoms. The zero-order chi connectivity index (χ0) is 39.6. The second kappa shape index (κ2) is 14.1. The second-order valence-electron chi connectivity index (χ2n) is 14.7. The van der Waals surface area contributed by atoms with E-state index in [1.807, 2.05) is 6.08 Å². The Balaban J connectivity index is 1.33. The van der Waals surface area contributed by atoms with Crippen molar-refractivity contribution in [2.75, 3.05) is 17.4 Å². The summed E-state index contributed by atoms with van der Waals surface area (Å²) in [7, 11) is 1.53. The predicted molar refractivity (Wildman–Crippen MR) is 212 cm³/mol. The van der Waals surface area contributed by atoms with Gasteiger partial charge in [0.05, 0.1) is 46.7 Å². The Labute approximate surface area is 333 Å². The van der Waals surface area contributed by atoms with E-state index < -0.39 is 52.7 Å². The highest BCUT2D eigenvalue weighted by Gasteiger charge is 2.70. The Kier molecular flexibility index (Phi) is 9.37. The van der Waals surface area contributed by atoms with E-state index in [2.05, 4.69) is 12.0 Å². The summed E-state index contributed by atoms with van der Waals surface area (Å²) in [4.78, 5) is 72.5. The number of methoxy groups -OCH3 is 1. The summed E-state index contributed by atoms with van der Waals surface area (Å²) in [6, 6.07) is 23.3. The van der Waals surface area contributed by atoms with E-state index in [1.165, 1.54) is 25.0 Å². The SMILES string of the molecule is C=CCc1cccc([C@H]2C3=CC[C@@H]4C(=O)N(c5ccc(C(C)=O)cc5)C(=O)[C@@H]4[C@@H]3C[C@H]3C(=O)N(Nc4ccc(Cl)cc4Cl)C(=O)[C@@]23c2ccc(OC)cc2)c1O. The van der Waals surface area contributed by atoms with Crippen molar-refractivity contribution in [3.05, 3.63) is 142 Å². The molecule has 0 radical (unpaired) electrons. The van der Waals surface area contributed by atoms with Gasteiger partial charge in [-0.05, 0) is 97.8 Å². The predicted octanol–water partition coefficient (Wildman–Crippen LogP) is 7.83. The van der Waals surface area contributed by atoms with Crippen molar-refractivity contribution in [3.63, 3.8) is 0 Å². The number of anilines is 2. The first-order chi connectivity index (χ1) is 26.9. The number of hydrogen-bond acceptors (Lipinski definition) is 8. The number of phenolic OH excluding ortho intramolecular Hbond substituents is 1. The van der Waals surface area contributed by atoms with Crippen LogP contribution in [-0.2, 0) is 31.0 Å². The highest BCUT2D eigenvalue weighted by molar-refractivity contribution is 6.36. The molecule has 284 valence electrons. The number of Topliss-reactive ketones (excluding diaryl/α,β-unsaturated/α-hetero) is 1. The zero-order valence-corrected chi connectivity index (χ0v) is 32.0. The number of nitrogens with one attached hydrogen (secondary N) is 1. The van der Waals surface area contributed by atoms with Gasteiger partial charge in [0.15, 0.2) is 5.78 Å². The maximum Gasteiger partial charge on any atom is 0.260 e. The van der Waals surface area contributed by atoms with Crippen LogP contribution >= 0.6 is 23.2 Å². The van der Waals surface area contributed by atoms with Gasteiger partial charge < -0.3 is 9.84 Å².